The molecular formula is C15H20ClNO4S. The number of amides is 1. The summed E-state index contributed by atoms with van der Waals surface area (Å²) < 4.78 is 29.8. The Labute approximate surface area is 135 Å². The van der Waals surface area contributed by atoms with Crippen molar-refractivity contribution in [2.45, 2.75) is 37.7 Å². The number of hydrogen-bond donors (Lipinski definition) is 1. The Morgan fingerprint density at radius 3 is 2.82 bits per heavy atom. The Bertz CT molecular complexity index is 626. The van der Waals surface area contributed by atoms with Gasteiger partial charge in [0.25, 0.3) is 0 Å². The third-order valence-electron chi connectivity index (χ3n) is 3.76. The number of sulfone groups is 1. The highest BCUT2D eigenvalue weighted by atomic mass is 35.5. The molecule has 1 aromatic carbocycles. The second-order valence-corrected chi connectivity index (χ2v) is 8.19. The average molecular weight is 346 g/mol. The van der Waals surface area contributed by atoms with Crippen LogP contribution in [0.15, 0.2) is 24.3 Å². The smallest absolute Gasteiger partial charge is 0.238 e. The highest BCUT2D eigenvalue weighted by molar-refractivity contribution is 7.92. The third-order valence-corrected chi connectivity index (χ3v) is 6.26. The quantitative estimate of drug-likeness (QED) is 0.855. The van der Waals surface area contributed by atoms with Gasteiger partial charge in [-0.25, -0.2) is 8.42 Å². The van der Waals surface area contributed by atoms with Crippen molar-refractivity contribution >= 4 is 27.3 Å². The van der Waals surface area contributed by atoms with Crippen molar-refractivity contribution in [3.63, 3.8) is 0 Å². The van der Waals surface area contributed by atoms with E-state index in [0.29, 0.717) is 11.6 Å². The fraction of sp³-hybridized carbons (Fsp3) is 0.533. The van der Waals surface area contributed by atoms with Crippen molar-refractivity contribution in [1.29, 1.82) is 0 Å². The van der Waals surface area contributed by atoms with E-state index in [1.807, 2.05) is 6.07 Å². The second kappa shape index (κ2) is 7.44. The number of carbonyl (C=O) groups excluding carboxylic acids is 1. The first kappa shape index (κ1) is 17.2. The molecule has 0 bridgehead atoms. The number of nitrogens with one attached hydrogen (secondary N) is 1. The lowest BCUT2D eigenvalue weighted by atomic mass is 10.2. The van der Waals surface area contributed by atoms with Gasteiger partial charge >= 0.3 is 0 Å². The van der Waals surface area contributed by atoms with E-state index in [2.05, 4.69) is 5.32 Å². The van der Waals surface area contributed by atoms with Gasteiger partial charge in [0.15, 0.2) is 9.84 Å². The summed E-state index contributed by atoms with van der Waals surface area (Å²) >= 11 is 6.00. The molecule has 2 rings (SSSR count). The van der Waals surface area contributed by atoms with Crippen LogP contribution in [0.2, 0.25) is 5.02 Å². The van der Waals surface area contributed by atoms with Crippen molar-refractivity contribution < 1.29 is 17.9 Å². The van der Waals surface area contributed by atoms with Crippen LogP contribution in [0.1, 0.15) is 25.3 Å². The van der Waals surface area contributed by atoms with Gasteiger partial charge in [-0.1, -0.05) is 29.8 Å². The van der Waals surface area contributed by atoms with Gasteiger partial charge in [0, 0.05) is 18.2 Å². The van der Waals surface area contributed by atoms with Crippen LogP contribution in [0.3, 0.4) is 0 Å². The summed E-state index contributed by atoms with van der Waals surface area (Å²) in [6.45, 7) is 2.21. The molecule has 0 unspecified atom stereocenters. The summed E-state index contributed by atoms with van der Waals surface area (Å²) in [5.41, 5.74) is 0.751. The predicted molar refractivity (Wildman–Crippen MR) is 85.5 cm³/mol. The molecular weight excluding hydrogens is 326 g/mol. The average Bonchev–Trinajstić information content (AvgIpc) is 2.97. The topological polar surface area (TPSA) is 72.5 Å². The van der Waals surface area contributed by atoms with Gasteiger partial charge in [0.05, 0.1) is 11.9 Å². The zero-order valence-corrected chi connectivity index (χ0v) is 14.0. The summed E-state index contributed by atoms with van der Waals surface area (Å²) in [5.74, 6) is -0.619. The molecule has 1 aromatic rings. The molecule has 22 heavy (non-hydrogen) atoms. The summed E-state index contributed by atoms with van der Waals surface area (Å²) in [5, 5.41) is 2.07. The molecule has 0 aromatic heterocycles. The van der Waals surface area contributed by atoms with Crippen molar-refractivity contribution in [2.24, 2.45) is 0 Å². The summed E-state index contributed by atoms with van der Waals surface area (Å²) in [6, 6.07) is 7.11. The zero-order chi connectivity index (χ0) is 16.2. The summed E-state index contributed by atoms with van der Waals surface area (Å²) in [6.07, 6.45) is 1.31. The van der Waals surface area contributed by atoms with Crippen molar-refractivity contribution in [2.75, 3.05) is 12.4 Å². The zero-order valence-electron chi connectivity index (χ0n) is 12.4. The summed E-state index contributed by atoms with van der Waals surface area (Å²) in [4.78, 5) is 12.1. The third kappa shape index (κ3) is 4.44. The van der Waals surface area contributed by atoms with Crippen LogP contribution in [-0.2, 0) is 25.9 Å². The number of rotatable bonds is 6. The number of benzene rings is 1. The van der Waals surface area contributed by atoms with Crippen molar-refractivity contribution in [3.05, 3.63) is 34.9 Å². The Morgan fingerprint density at radius 2 is 2.18 bits per heavy atom. The molecule has 1 heterocycles. The molecule has 7 heteroatoms. The lowest BCUT2D eigenvalue weighted by Crippen LogP contribution is -2.40. The van der Waals surface area contributed by atoms with Crippen LogP contribution in [0, 0.1) is 0 Å². The first-order chi connectivity index (χ1) is 10.4. The van der Waals surface area contributed by atoms with Crippen LogP contribution in [0.25, 0.3) is 0 Å². The lowest BCUT2D eigenvalue weighted by molar-refractivity contribution is -0.120. The molecule has 5 nitrogen and oxygen atoms in total. The van der Waals surface area contributed by atoms with Crippen LogP contribution < -0.4 is 5.32 Å². The molecule has 0 saturated carbocycles. The monoisotopic (exact) mass is 345 g/mol. The Morgan fingerprint density at radius 1 is 1.45 bits per heavy atom. The molecule has 0 spiro atoms. The second-order valence-electron chi connectivity index (χ2n) is 5.42. The molecule has 1 N–H and O–H groups in total. The molecule has 0 aliphatic carbocycles. The first-order valence-corrected chi connectivity index (χ1v) is 9.34. The molecule has 1 amide bonds. The lowest BCUT2D eigenvalue weighted by Gasteiger charge is -2.16. The van der Waals surface area contributed by atoms with E-state index in [9.17, 15) is 13.2 Å². The number of carbonyl (C=O) groups is 1. The molecule has 1 aliphatic heterocycles. The molecule has 1 fully saturated rings. The molecule has 1 saturated heterocycles. The molecule has 0 radical (unpaired) electrons. The van der Waals surface area contributed by atoms with Gasteiger partial charge in [-0.3, -0.25) is 4.79 Å². The van der Waals surface area contributed by atoms with Crippen LogP contribution in [0.4, 0.5) is 0 Å². The van der Waals surface area contributed by atoms with Gasteiger partial charge < -0.3 is 10.1 Å². The Balaban J connectivity index is 1.92. The predicted octanol–water partition coefficient (Wildman–Crippen LogP) is 1.94. The Kier molecular flexibility index (Phi) is 5.83. The largest absolute Gasteiger partial charge is 0.377 e. The van der Waals surface area contributed by atoms with Gasteiger partial charge in [0.2, 0.25) is 5.91 Å². The van der Waals surface area contributed by atoms with Gasteiger partial charge in [-0.2, -0.15) is 0 Å². The standard InChI is InChI=1S/C15H20ClNO4S/c1-11(22(19,20)10-13-6-4-8-21-13)15(18)17-9-12-5-2-3-7-14(12)16/h2-3,5,7,11,13H,4,6,8-10H2,1H3,(H,17,18)/t11-,13+/m1/s1. The van der Waals surface area contributed by atoms with Crippen molar-refractivity contribution in [3.8, 4) is 0 Å². The minimum absolute atomic E-state index is 0.103. The van der Waals surface area contributed by atoms with Crippen LogP contribution in [0.5, 0.6) is 0 Å². The van der Waals surface area contributed by atoms with E-state index in [4.69, 9.17) is 16.3 Å². The van der Waals surface area contributed by atoms with E-state index in [0.717, 1.165) is 18.4 Å². The van der Waals surface area contributed by atoms with E-state index in [-0.39, 0.29) is 18.4 Å². The highest BCUT2D eigenvalue weighted by Crippen LogP contribution is 2.17. The summed E-state index contributed by atoms with van der Waals surface area (Å²) in [7, 11) is -3.53. The SMILES string of the molecule is C[C@H](C(=O)NCc1ccccc1Cl)S(=O)(=O)C[C@@H]1CCCO1. The number of hydrogen-bond acceptors (Lipinski definition) is 4. The van der Waals surface area contributed by atoms with E-state index in [1.54, 1.807) is 18.2 Å². The van der Waals surface area contributed by atoms with Gasteiger partial charge in [0.1, 0.15) is 5.25 Å². The fourth-order valence-electron chi connectivity index (χ4n) is 2.31. The fourth-order valence-corrected chi connectivity index (χ4v) is 3.99. The Hall–Kier alpha value is -1.11. The van der Waals surface area contributed by atoms with E-state index >= 15 is 0 Å². The van der Waals surface area contributed by atoms with E-state index < -0.39 is 21.0 Å². The molecule has 122 valence electrons. The molecule has 1 aliphatic rings. The first-order valence-electron chi connectivity index (χ1n) is 7.24. The normalized spacial score (nSPS) is 19.8. The van der Waals surface area contributed by atoms with Crippen LogP contribution >= 0.6 is 11.6 Å². The van der Waals surface area contributed by atoms with Gasteiger partial charge in [-0.15, -0.1) is 0 Å². The van der Waals surface area contributed by atoms with E-state index in [1.165, 1.54) is 6.92 Å². The number of halogens is 1. The minimum atomic E-state index is -3.53. The highest BCUT2D eigenvalue weighted by Gasteiger charge is 2.32. The molecule has 2 atom stereocenters. The minimum Gasteiger partial charge on any atom is -0.377 e. The maximum absolute atomic E-state index is 12.2. The maximum atomic E-state index is 12.2. The van der Waals surface area contributed by atoms with Gasteiger partial charge in [-0.05, 0) is 31.4 Å². The van der Waals surface area contributed by atoms with Crippen LogP contribution in [-0.4, -0.2) is 38.0 Å². The van der Waals surface area contributed by atoms with Crippen molar-refractivity contribution in [1.82, 2.24) is 5.32 Å². The number of ether oxygens (including phenoxy) is 1. The maximum Gasteiger partial charge on any atom is 0.238 e.